The number of benzene rings is 1. The molecule has 7 nitrogen and oxygen atoms in total. The van der Waals surface area contributed by atoms with Crippen LogP contribution in [0.25, 0.3) is 11.2 Å². The van der Waals surface area contributed by atoms with Crippen molar-refractivity contribution >= 4 is 39.6 Å². The van der Waals surface area contributed by atoms with Gasteiger partial charge in [0, 0.05) is 16.5 Å². The van der Waals surface area contributed by atoms with Crippen molar-refractivity contribution in [2.24, 2.45) is 0 Å². The smallest absolute Gasteiger partial charge is 0.312 e. The number of aromatic nitrogens is 4. The van der Waals surface area contributed by atoms with E-state index in [1.54, 1.807) is 0 Å². The molecule has 3 heterocycles. The second-order valence-corrected chi connectivity index (χ2v) is 7.22. The van der Waals surface area contributed by atoms with Crippen LogP contribution in [-0.4, -0.2) is 26.3 Å². The minimum atomic E-state index is -0.836. The molecule has 0 saturated carbocycles. The number of unbranched alkanes of at least 4 members (excludes halogenated alkanes) is 1. The predicted octanol–water partition coefficient (Wildman–Crippen LogP) is 3.27. The number of fused-ring (bicyclic) bond motifs is 2. The van der Waals surface area contributed by atoms with E-state index < -0.39 is 6.08 Å². The molecular formula is C17H17FIN5O2. The van der Waals surface area contributed by atoms with Crippen molar-refractivity contribution in [3.05, 3.63) is 33.2 Å². The summed E-state index contributed by atoms with van der Waals surface area (Å²) in [6, 6.07) is 3.91. The highest BCUT2D eigenvalue weighted by Crippen LogP contribution is 2.36. The molecule has 136 valence electrons. The van der Waals surface area contributed by atoms with E-state index in [-0.39, 0.29) is 12.6 Å². The topological polar surface area (TPSA) is 88.1 Å². The molecule has 2 N–H and O–H groups in total. The van der Waals surface area contributed by atoms with Gasteiger partial charge in [0.15, 0.2) is 28.5 Å². The van der Waals surface area contributed by atoms with Crippen molar-refractivity contribution in [2.75, 3.05) is 12.5 Å². The quantitative estimate of drug-likeness (QED) is 0.456. The third-order valence-electron chi connectivity index (χ3n) is 4.30. The van der Waals surface area contributed by atoms with Crippen LogP contribution in [-0.2, 0) is 13.0 Å². The van der Waals surface area contributed by atoms with Crippen LogP contribution in [0, 0.1) is 9.65 Å². The highest BCUT2D eigenvalue weighted by atomic mass is 127. The number of imidazole rings is 1. The summed E-state index contributed by atoms with van der Waals surface area (Å²) in [6.07, 6.45) is 1.65. The van der Waals surface area contributed by atoms with Gasteiger partial charge in [0.05, 0.1) is 0 Å². The van der Waals surface area contributed by atoms with Crippen LogP contribution >= 0.6 is 22.6 Å². The molecule has 0 spiro atoms. The summed E-state index contributed by atoms with van der Waals surface area (Å²) in [5.74, 6) is 2.30. The van der Waals surface area contributed by atoms with Gasteiger partial charge < -0.3 is 19.8 Å². The van der Waals surface area contributed by atoms with Crippen molar-refractivity contribution in [3.63, 3.8) is 0 Å². The molecule has 1 aliphatic rings. The molecule has 0 radical (unpaired) electrons. The molecule has 9 heteroatoms. The fourth-order valence-corrected chi connectivity index (χ4v) is 3.62. The molecule has 3 aromatic rings. The van der Waals surface area contributed by atoms with Gasteiger partial charge in [0.1, 0.15) is 5.82 Å². The Morgan fingerprint density at radius 1 is 1.23 bits per heavy atom. The molecule has 0 aliphatic carbocycles. The minimum absolute atomic E-state index is 0.0596. The fourth-order valence-electron chi connectivity index (χ4n) is 2.99. The normalized spacial score (nSPS) is 12.9. The molecule has 0 unspecified atom stereocenters. The molecule has 0 saturated heterocycles. The van der Waals surface area contributed by atoms with Gasteiger partial charge in [-0.25, -0.2) is 4.98 Å². The molecule has 1 aliphatic heterocycles. The van der Waals surface area contributed by atoms with Gasteiger partial charge in [-0.1, -0.05) is 13.3 Å². The van der Waals surface area contributed by atoms with Crippen molar-refractivity contribution in [1.82, 2.24) is 19.5 Å². The molecule has 0 amide bonds. The highest BCUT2D eigenvalue weighted by molar-refractivity contribution is 14.1. The number of nitrogens with two attached hydrogens (primary N) is 1. The van der Waals surface area contributed by atoms with Crippen LogP contribution < -0.4 is 15.2 Å². The van der Waals surface area contributed by atoms with Crippen molar-refractivity contribution in [1.29, 1.82) is 0 Å². The SMILES string of the molecule is CCCCn1c(Cc2cc3c(cc2I)OCO3)nc2c(N)nc(F)nc21. The summed E-state index contributed by atoms with van der Waals surface area (Å²) < 4.78 is 27.5. The van der Waals surface area contributed by atoms with E-state index in [1.807, 2.05) is 16.7 Å². The summed E-state index contributed by atoms with van der Waals surface area (Å²) in [5, 5.41) is 0. The van der Waals surface area contributed by atoms with Crippen LogP contribution in [0.3, 0.4) is 0 Å². The van der Waals surface area contributed by atoms with Crippen molar-refractivity contribution < 1.29 is 13.9 Å². The summed E-state index contributed by atoms with van der Waals surface area (Å²) >= 11 is 2.27. The number of hydrogen-bond acceptors (Lipinski definition) is 6. The van der Waals surface area contributed by atoms with Crippen LogP contribution in [0.15, 0.2) is 12.1 Å². The number of nitrogen functional groups attached to an aromatic ring is 1. The first-order valence-electron chi connectivity index (χ1n) is 8.33. The number of aryl methyl sites for hydroxylation is 1. The van der Waals surface area contributed by atoms with Gasteiger partial charge in [-0.2, -0.15) is 14.4 Å². The highest BCUT2D eigenvalue weighted by Gasteiger charge is 2.20. The van der Waals surface area contributed by atoms with E-state index in [4.69, 9.17) is 15.2 Å². The van der Waals surface area contributed by atoms with Crippen LogP contribution in [0.1, 0.15) is 31.2 Å². The van der Waals surface area contributed by atoms with E-state index in [9.17, 15) is 4.39 Å². The van der Waals surface area contributed by atoms with E-state index >= 15 is 0 Å². The second kappa shape index (κ2) is 6.86. The maximum Gasteiger partial charge on any atom is 0.312 e. The Kier molecular flexibility index (Phi) is 4.55. The fraction of sp³-hybridized carbons (Fsp3) is 0.353. The average molecular weight is 469 g/mol. The van der Waals surface area contributed by atoms with Gasteiger partial charge >= 0.3 is 6.08 Å². The Bertz CT molecular complexity index is 991. The van der Waals surface area contributed by atoms with Gasteiger partial charge in [-0.15, -0.1) is 0 Å². The van der Waals surface area contributed by atoms with Gasteiger partial charge in [-0.05, 0) is 46.7 Å². The third kappa shape index (κ3) is 3.04. The first-order valence-corrected chi connectivity index (χ1v) is 9.40. The summed E-state index contributed by atoms with van der Waals surface area (Å²) in [4.78, 5) is 12.1. The molecule has 1 aromatic carbocycles. The molecule has 4 rings (SSSR count). The Hall–Kier alpha value is -2.17. The number of hydrogen-bond donors (Lipinski definition) is 1. The number of ether oxygens (including phenoxy) is 2. The lowest BCUT2D eigenvalue weighted by molar-refractivity contribution is 0.174. The molecule has 0 bridgehead atoms. The maximum absolute atomic E-state index is 13.7. The Morgan fingerprint density at radius 3 is 2.77 bits per heavy atom. The van der Waals surface area contributed by atoms with E-state index in [2.05, 4.69) is 44.5 Å². The zero-order valence-electron chi connectivity index (χ0n) is 14.1. The first kappa shape index (κ1) is 17.3. The standard InChI is InChI=1S/C17H17FIN5O2/c1-2-3-4-24-13(21-14-15(20)22-17(18)23-16(14)24)6-9-5-11-12(7-10(9)19)26-8-25-11/h5,7H,2-4,6,8H2,1H3,(H2,20,22,23). The summed E-state index contributed by atoms with van der Waals surface area (Å²) in [7, 11) is 0. The summed E-state index contributed by atoms with van der Waals surface area (Å²) in [6.45, 7) is 3.03. The number of rotatable bonds is 5. The minimum Gasteiger partial charge on any atom is -0.454 e. The zero-order chi connectivity index (χ0) is 18.3. The maximum atomic E-state index is 13.7. The molecule has 2 aromatic heterocycles. The lowest BCUT2D eigenvalue weighted by Crippen LogP contribution is -2.07. The molecule has 26 heavy (non-hydrogen) atoms. The number of anilines is 1. The third-order valence-corrected chi connectivity index (χ3v) is 5.30. The lowest BCUT2D eigenvalue weighted by Gasteiger charge is -2.10. The van der Waals surface area contributed by atoms with Crippen molar-refractivity contribution in [2.45, 2.75) is 32.7 Å². The van der Waals surface area contributed by atoms with Crippen LogP contribution in [0.4, 0.5) is 10.2 Å². The van der Waals surface area contributed by atoms with Gasteiger partial charge in [-0.3, -0.25) is 0 Å². The zero-order valence-corrected chi connectivity index (χ0v) is 16.3. The molecule has 0 atom stereocenters. The monoisotopic (exact) mass is 469 g/mol. The lowest BCUT2D eigenvalue weighted by atomic mass is 10.1. The Balaban J connectivity index is 1.79. The largest absolute Gasteiger partial charge is 0.454 e. The van der Waals surface area contributed by atoms with E-state index in [1.165, 1.54) is 0 Å². The van der Waals surface area contributed by atoms with Gasteiger partial charge in [0.2, 0.25) is 6.79 Å². The van der Waals surface area contributed by atoms with E-state index in [0.29, 0.717) is 24.1 Å². The molecule has 0 fully saturated rings. The van der Waals surface area contributed by atoms with Crippen LogP contribution in [0.5, 0.6) is 11.5 Å². The Morgan fingerprint density at radius 2 is 2.00 bits per heavy atom. The number of nitrogens with zero attached hydrogens (tertiary/aromatic N) is 4. The molecular weight excluding hydrogens is 452 g/mol. The second-order valence-electron chi connectivity index (χ2n) is 6.06. The van der Waals surface area contributed by atoms with Crippen LogP contribution in [0.2, 0.25) is 0 Å². The first-order chi connectivity index (χ1) is 12.6. The van der Waals surface area contributed by atoms with Gasteiger partial charge in [0.25, 0.3) is 0 Å². The van der Waals surface area contributed by atoms with Crippen molar-refractivity contribution in [3.8, 4) is 11.5 Å². The summed E-state index contributed by atoms with van der Waals surface area (Å²) in [5.41, 5.74) is 7.79. The Labute approximate surface area is 162 Å². The number of halogens is 2. The van der Waals surface area contributed by atoms with E-state index in [0.717, 1.165) is 39.3 Å². The predicted molar refractivity (Wildman–Crippen MR) is 103 cm³/mol. The average Bonchev–Trinajstić information content (AvgIpc) is 3.18.